The van der Waals surface area contributed by atoms with Gasteiger partial charge < -0.3 is 0 Å². The molecule has 0 saturated heterocycles. The Hall–Kier alpha value is -0.0900. The van der Waals surface area contributed by atoms with Crippen LogP contribution in [0.5, 0.6) is 0 Å². The molecule has 0 bridgehead atoms. The molecule has 1 aliphatic carbocycles. The first-order chi connectivity index (χ1) is 8.11. The van der Waals surface area contributed by atoms with Gasteiger partial charge in [0.15, 0.2) is 0 Å². The Morgan fingerprint density at radius 1 is 1.35 bits per heavy atom. The molecule has 0 amide bonds. The molecule has 1 aromatic heterocycles. The summed E-state index contributed by atoms with van der Waals surface area (Å²) in [4.78, 5) is 1.19. The van der Waals surface area contributed by atoms with Crippen molar-refractivity contribution in [3.8, 4) is 0 Å². The maximum atomic E-state index is 6.22. The van der Waals surface area contributed by atoms with Gasteiger partial charge in [-0.3, -0.25) is 11.3 Å². The number of hydrogen-bond donors (Lipinski definition) is 2. The number of halogens is 1. The molecule has 1 fully saturated rings. The summed E-state index contributed by atoms with van der Waals surface area (Å²) in [7, 11) is 0. The molecule has 2 nitrogen and oxygen atoms in total. The first kappa shape index (κ1) is 13.3. The third-order valence-corrected chi connectivity index (χ3v) is 5.23. The van der Waals surface area contributed by atoms with Crippen LogP contribution < -0.4 is 11.3 Å². The number of nitrogens with two attached hydrogens (primary N) is 1. The van der Waals surface area contributed by atoms with Crippen LogP contribution in [-0.4, -0.2) is 0 Å². The second kappa shape index (κ2) is 5.70. The fourth-order valence-electron chi connectivity index (χ4n) is 3.23. The van der Waals surface area contributed by atoms with Crippen molar-refractivity contribution in [3.05, 3.63) is 21.3 Å². The van der Waals surface area contributed by atoms with Gasteiger partial charge in [0.05, 0.1) is 11.1 Å². The maximum absolute atomic E-state index is 6.22. The van der Waals surface area contributed by atoms with E-state index in [0.29, 0.717) is 5.92 Å². The summed E-state index contributed by atoms with van der Waals surface area (Å²) in [5, 5.41) is 2.89. The van der Waals surface area contributed by atoms with Gasteiger partial charge in [0.25, 0.3) is 0 Å². The van der Waals surface area contributed by atoms with Gasteiger partial charge in [-0.15, -0.1) is 11.3 Å². The topological polar surface area (TPSA) is 38.0 Å². The summed E-state index contributed by atoms with van der Waals surface area (Å²) in [6.07, 6.45) is 3.83. The second-order valence-electron chi connectivity index (χ2n) is 5.45. The molecule has 0 aromatic carbocycles. The van der Waals surface area contributed by atoms with E-state index in [2.05, 4.69) is 19.3 Å². The number of rotatable bonds is 3. The predicted molar refractivity (Wildman–Crippen MR) is 75.1 cm³/mol. The van der Waals surface area contributed by atoms with Crippen molar-refractivity contribution in [1.29, 1.82) is 0 Å². The smallest absolute Gasteiger partial charge is 0.0596 e. The molecule has 0 spiro atoms. The zero-order chi connectivity index (χ0) is 12.4. The Bertz CT molecular complexity index is 356. The average Bonchev–Trinajstić information content (AvgIpc) is 2.65. The van der Waals surface area contributed by atoms with Crippen LogP contribution in [0.4, 0.5) is 0 Å². The molecule has 96 valence electrons. The lowest BCUT2D eigenvalue weighted by molar-refractivity contribution is 0.178. The lowest BCUT2D eigenvalue weighted by Gasteiger charge is -2.36. The summed E-state index contributed by atoms with van der Waals surface area (Å²) >= 11 is 7.92. The second-order valence-corrected chi connectivity index (χ2v) is 6.81. The molecule has 1 heterocycles. The van der Waals surface area contributed by atoms with E-state index < -0.39 is 0 Å². The first-order valence-electron chi connectivity index (χ1n) is 6.30. The minimum absolute atomic E-state index is 0.215. The van der Waals surface area contributed by atoms with E-state index in [9.17, 15) is 0 Å². The first-order valence-corrected chi connectivity index (χ1v) is 7.56. The van der Waals surface area contributed by atoms with Crippen LogP contribution in [0, 0.1) is 17.8 Å². The zero-order valence-corrected chi connectivity index (χ0v) is 12.0. The van der Waals surface area contributed by atoms with Crippen molar-refractivity contribution in [3.63, 3.8) is 0 Å². The molecule has 0 aliphatic heterocycles. The van der Waals surface area contributed by atoms with Crippen molar-refractivity contribution in [2.75, 3.05) is 0 Å². The highest BCUT2D eigenvalue weighted by Gasteiger charge is 2.31. The SMILES string of the molecule is CC1CC(C)CC(C(NN)c2sccc2Cl)C1. The van der Waals surface area contributed by atoms with Crippen molar-refractivity contribution >= 4 is 22.9 Å². The minimum atomic E-state index is 0.215. The molecule has 1 aromatic rings. The fraction of sp³-hybridized carbons (Fsp3) is 0.692. The van der Waals surface area contributed by atoms with E-state index >= 15 is 0 Å². The third kappa shape index (κ3) is 3.02. The van der Waals surface area contributed by atoms with Crippen molar-refractivity contribution in [2.24, 2.45) is 23.6 Å². The Morgan fingerprint density at radius 2 is 2.00 bits per heavy atom. The van der Waals surface area contributed by atoms with Crippen LogP contribution in [-0.2, 0) is 0 Å². The van der Waals surface area contributed by atoms with Gasteiger partial charge in [0.2, 0.25) is 0 Å². The molecule has 4 heteroatoms. The quantitative estimate of drug-likeness (QED) is 0.645. The lowest BCUT2D eigenvalue weighted by Crippen LogP contribution is -2.36. The summed E-state index contributed by atoms with van der Waals surface area (Å²) in [6.45, 7) is 4.68. The monoisotopic (exact) mass is 272 g/mol. The average molecular weight is 273 g/mol. The largest absolute Gasteiger partial charge is 0.271 e. The molecular weight excluding hydrogens is 252 g/mol. The Morgan fingerprint density at radius 3 is 2.47 bits per heavy atom. The Balaban J connectivity index is 2.15. The summed E-state index contributed by atoms with van der Waals surface area (Å²) in [5.41, 5.74) is 2.98. The van der Waals surface area contributed by atoms with E-state index in [1.54, 1.807) is 11.3 Å². The molecule has 3 unspecified atom stereocenters. The number of hydrogen-bond acceptors (Lipinski definition) is 3. The van der Waals surface area contributed by atoms with Crippen LogP contribution in [0.1, 0.15) is 44.0 Å². The van der Waals surface area contributed by atoms with Gasteiger partial charge in [-0.05, 0) is 48.5 Å². The zero-order valence-electron chi connectivity index (χ0n) is 10.4. The van der Waals surface area contributed by atoms with Gasteiger partial charge in [0, 0.05) is 4.88 Å². The lowest BCUT2D eigenvalue weighted by atomic mass is 9.73. The van der Waals surface area contributed by atoms with Crippen molar-refractivity contribution < 1.29 is 0 Å². The van der Waals surface area contributed by atoms with Crippen LogP contribution >= 0.6 is 22.9 Å². The Labute approximate surface area is 113 Å². The Kier molecular flexibility index (Phi) is 4.47. The standard InChI is InChI=1S/C13H21ClN2S/c1-8-5-9(2)7-10(6-8)12(16-15)13-11(14)3-4-17-13/h3-4,8-10,12,16H,5-7,15H2,1-2H3. The van der Waals surface area contributed by atoms with E-state index in [-0.39, 0.29) is 6.04 Å². The molecular formula is C13H21ClN2S. The predicted octanol–water partition coefficient (Wildman–Crippen LogP) is 3.98. The minimum Gasteiger partial charge on any atom is -0.271 e. The third-order valence-electron chi connectivity index (χ3n) is 3.79. The summed E-state index contributed by atoms with van der Waals surface area (Å²) in [6, 6.07) is 2.18. The number of nitrogens with one attached hydrogen (secondary N) is 1. The maximum Gasteiger partial charge on any atom is 0.0596 e. The van der Waals surface area contributed by atoms with Gasteiger partial charge in [0.1, 0.15) is 0 Å². The highest BCUT2D eigenvalue weighted by atomic mass is 35.5. The molecule has 2 rings (SSSR count). The van der Waals surface area contributed by atoms with E-state index in [0.717, 1.165) is 16.9 Å². The fourth-order valence-corrected chi connectivity index (χ4v) is 4.56. The molecule has 17 heavy (non-hydrogen) atoms. The molecule has 3 atom stereocenters. The molecule has 1 saturated carbocycles. The van der Waals surface area contributed by atoms with Crippen LogP contribution in [0.2, 0.25) is 5.02 Å². The van der Waals surface area contributed by atoms with Crippen LogP contribution in [0.3, 0.4) is 0 Å². The highest BCUT2D eigenvalue weighted by molar-refractivity contribution is 7.10. The highest BCUT2D eigenvalue weighted by Crippen LogP contribution is 2.42. The van der Waals surface area contributed by atoms with E-state index in [1.807, 2.05) is 11.4 Å². The van der Waals surface area contributed by atoms with E-state index in [1.165, 1.54) is 24.1 Å². The molecule has 1 aliphatic rings. The summed E-state index contributed by atoms with van der Waals surface area (Å²) < 4.78 is 0. The number of hydrazine groups is 1. The van der Waals surface area contributed by atoms with Crippen LogP contribution in [0.25, 0.3) is 0 Å². The van der Waals surface area contributed by atoms with Gasteiger partial charge in [-0.2, -0.15) is 0 Å². The van der Waals surface area contributed by atoms with Gasteiger partial charge in [-0.25, -0.2) is 0 Å². The van der Waals surface area contributed by atoms with Crippen molar-refractivity contribution in [2.45, 2.75) is 39.2 Å². The summed E-state index contributed by atoms with van der Waals surface area (Å²) in [5.74, 6) is 7.94. The number of thiophene rings is 1. The molecule has 3 N–H and O–H groups in total. The van der Waals surface area contributed by atoms with Gasteiger partial charge in [-0.1, -0.05) is 25.4 Å². The normalized spacial score (nSPS) is 31.4. The van der Waals surface area contributed by atoms with Crippen LogP contribution in [0.15, 0.2) is 11.4 Å². The molecule has 0 radical (unpaired) electrons. The van der Waals surface area contributed by atoms with Crippen molar-refractivity contribution in [1.82, 2.24) is 5.43 Å². The van der Waals surface area contributed by atoms with E-state index in [4.69, 9.17) is 17.4 Å². The van der Waals surface area contributed by atoms with Gasteiger partial charge >= 0.3 is 0 Å².